The molecule has 1 aromatic carbocycles. The van der Waals surface area contributed by atoms with Crippen LogP contribution < -0.4 is 5.32 Å². The lowest BCUT2D eigenvalue weighted by Crippen LogP contribution is -2.37. The van der Waals surface area contributed by atoms with Crippen molar-refractivity contribution < 1.29 is 29.3 Å². The Kier molecular flexibility index (Phi) is 1.97. The Labute approximate surface area is 148 Å². The molecule has 0 aliphatic carbocycles. The Morgan fingerprint density at radius 3 is 2.91 bits per heavy atom. The summed E-state index contributed by atoms with van der Waals surface area (Å²) in [5, 5.41) is 12.4. The number of nitrogens with one attached hydrogen (secondary N) is 1. The van der Waals surface area contributed by atoms with E-state index in [4.69, 9.17) is 11.0 Å². The van der Waals surface area contributed by atoms with Crippen LogP contribution in [-0.2, 0) is 14.8 Å². The van der Waals surface area contributed by atoms with Crippen molar-refractivity contribution in [2.75, 3.05) is 12.4 Å². The zero-order chi connectivity index (χ0) is 23.6. The maximum absolute atomic E-state index is 12.9. The number of anilines is 1. The molecule has 1 aliphatic rings. The van der Waals surface area contributed by atoms with Gasteiger partial charge in [0.15, 0.2) is 16.6 Å². The van der Waals surface area contributed by atoms with Crippen molar-refractivity contribution in [2.24, 2.45) is 0 Å². The number of sulfonamides is 1. The third-order valence-corrected chi connectivity index (χ3v) is 5.35. The number of aromatic nitrogens is 1. The van der Waals surface area contributed by atoms with E-state index in [2.05, 4.69) is 10.3 Å². The summed E-state index contributed by atoms with van der Waals surface area (Å²) in [5.41, 5.74) is -1.63. The van der Waals surface area contributed by atoms with Gasteiger partial charge < -0.3 is 5.11 Å². The number of aliphatic hydroxyl groups excluding tert-OH is 1. The number of nitrogens with zero attached hydrogens (tertiary/aromatic N) is 2. The lowest BCUT2D eigenvalue weighted by molar-refractivity contribution is -0.113. The van der Waals surface area contributed by atoms with E-state index >= 15 is 0 Å². The molecule has 0 fully saturated rings. The molecule has 2 heterocycles. The number of hydrogen-bond acceptors (Lipinski definition) is 6. The molecule has 2 N–H and O–H groups in total. The normalized spacial score (nSPS) is 21.7. The minimum atomic E-state index is -4.66. The van der Waals surface area contributed by atoms with Crippen LogP contribution in [0.15, 0.2) is 40.9 Å². The predicted octanol–water partition coefficient (Wildman–Crippen LogP) is 1.95. The highest BCUT2D eigenvalue weighted by Crippen LogP contribution is 2.34. The smallest absolute Gasteiger partial charge is 0.278 e. The van der Waals surface area contributed by atoms with E-state index in [0.717, 1.165) is 7.05 Å². The summed E-state index contributed by atoms with van der Waals surface area (Å²) in [6.45, 7) is -2.66. The number of hydrogen-bond donors (Lipinski definition) is 2. The van der Waals surface area contributed by atoms with Crippen molar-refractivity contribution in [2.45, 2.75) is 11.7 Å². The van der Waals surface area contributed by atoms with Crippen molar-refractivity contribution in [3.05, 3.63) is 46.5 Å². The van der Waals surface area contributed by atoms with Crippen LogP contribution in [0.2, 0.25) is 0 Å². The van der Waals surface area contributed by atoms with Gasteiger partial charge in [-0.3, -0.25) is 14.4 Å². The second-order valence-corrected chi connectivity index (χ2v) is 7.19. The van der Waals surface area contributed by atoms with Crippen molar-refractivity contribution in [3.8, 4) is 0 Å². The lowest BCUT2D eigenvalue weighted by Gasteiger charge is -2.28. The van der Waals surface area contributed by atoms with E-state index in [0.29, 0.717) is 15.6 Å². The summed E-state index contributed by atoms with van der Waals surface area (Å²) in [6.07, 6.45) is -0.609. The van der Waals surface area contributed by atoms with Gasteiger partial charge in [0, 0.05) is 27.8 Å². The number of rotatable bonds is 2. The molecule has 3 rings (SSSR count). The Hall–Kier alpha value is -2.39. The summed E-state index contributed by atoms with van der Waals surface area (Å²) < 4.78 is 86.9. The molecular formula is C14H13N3O4S2. The third kappa shape index (κ3) is 2.47. The van der Waals surface area contributed by atoms with Gasteiger partial charge in [-0.2, -0.15) is 0 Å². The summed E-state index contributed by atoms with van der Waals surface area (Å²) in [7, 11) is -3.76. The number of likely N-dealkylation sites (N-methyl/N-ethyl adjacent to an activating group) is 1. The number of carbonyl (C=O) groups is 1. The molecule has 1 aliphatic heterocycles. The monoisotopic (exact) mass is 359 g/mol. The molecule has 0 radical (unpaired) electrons. The fourth-order valence-corrected chi connectivity index (χ4v) is 3.68. The molecule has 1 aromatic heterocycles. The molecule has 0 spiro atoms. The third-order valence-electron chi connectivity index (χ3n) is 2.94. The fraction of sp³-hybridized carbons (Fsp3) is 0.143. The average Bonchev–Trinajstić information content (AvgIpc) is 3.01. The van der Waals surface area contributed by atoms with Gasteiger partial charge in [0.1, 0.15) is 0 Å². The first-order valence-corrected chi connectivity index (χ1v) is 8.18. The van der Waals surface area contributed by atoms with Gasteiger partial charge in [0.05, 0.1) is 11.7 Å². The minimum Gasteiger partial charge on any atom is -0.505 e. The second kappa shape index (κ2) is 5.36. The van der Waals surface area contributed by atoms with E-state index in [1.54, 1.807) is 0 Å². The summed E-state index contributed by atoms with van der Waals surface area (Å²) in [4.78, 5) is 15.0. The van der Waals surface area contributed by atoms with Gasteiger partial charge in [-0.1, -0.05) is 12.1 Å². The van der Waals surface area contributed by atoms with Crippen LogP contribution in [0.25, 0.3) is 5.76 Å². The molecule has 0 atom stereocenters. The Morgan fingerprint density at radius 1 is 1.48 bits per heavy atom. The number of benzene rings is 1. The number of aryl methyl sites for hydroxylation is 1. The molecule has 9 heteroatoms. The van der Waals surface area contributed by atoms with E-state index < -0.39 is 79.9 Å². The van der Waals surface area contributed by atoms with Gasteiger partial charge in [-0.05, 0) is 18.9 Å². The number of thiazole rings is 1. The largest absolute Gasteiger partial charge is 0.505 e. The molecule has 0 unspecified atom stereocenters. The van der Waals surface area contributed by atoms with Gasteiger partial charge in [0.2, 0.25) is 0 Å². The van der Waals surface area contributed by atoms with Crippen molar-refractivity contribution >= 4 is 38.2 Å². The Bertz CT molecular complexity index is 1270. The van der Waals surface area contributed by atoms with Crippen molar-refractivity contribution in [1.82, 2.24) is 9.29 Å². The maximum Gasteiger partial charge on any atom is 0.278 e. The molecule has 0 bridgehead atoms. The molecule has 0 saturated heterocycles. The van der Waals surface area contributed by atoms with Gasteiger partial charge >= 0.3 is 0 Å². The molecule has 2 aromatic rings. The number of fused-ring (bicyclic) bond motifs is 1. The molecular weight excluding hydrogens is 338 g/mol. The quantitative estimate of drug-likeness (QED) is 0.854. The van der Waals surface area contributed by atoms with Crippen LogP contribution >= 0.6 is 11.3 Å². The highest BCUT2D eigenvalue weighted by molar-refractivity contribution is 7.89. The summed E-state index contributed by atoms with van der Waals surface area (Å²) >= 11 is 0.470. The van der Waals surface area contributed by atoms with E-state index in [1.807, 2.05) is 0 Å². The maximum atomic E-state index is 12.9. The standard InChI is InChI=1S/C14H13N3O4S2/c1-8-7-15-14(22-8)16-13(19)11-12(18)9-5-3-4-6-10(9)23(20,21)17(11)2/h3-7,18H,1-2H3,(H,15,16,19)/i1D3,3D,4D,5D,6D,7D. The van der Waals surface area contributed by atoms with Gasteiger partial charge in [-0.25, -0.2) is 13.4 Å². The molecule has 7 nitrogen and oxygen atoms in total. The first-order valence-electron chi connectivity index (χ1n) is 9.92. The van der Waals surface area contributed by atoms with Crippen LogP contribution in [0, 0.1) is 6.85 Å². The lowest BCUT2D eigenvalue weighted by atomic mass is 10.1. The van der Waals surface area contributed by atoms with Crippen molar-refractivity contribution in [1.29, 1.82) is 0 Å². The Balaban J connectivity index is 2.17. The van der Waals surface area contributed by atoms with Crippen LogP contribution in [0.3, 0.4) is 0 Å². The predicted molar refractivity (Wildman–Crippen MR) is 86.4 cm³/mol. The van der Waals surface area contributed by atoms with Crippen molar-refractivity contribution in [3.63, 3.8) is 0 Å². The van der Waals surface area contributed by atoms with E-state index in [9.17, 15) is 18.3 Å². The molecule has 23 heavy (non-hydrogen) atoms. The number of carbonyl (C=O) groups excluding carboxylic acids is 1. The zero-order valence-corrected chi connectivity index (χ0v) is 13.0. The fourth-order valence-electron chi connectivity index (χ4n) is 1.89. The highest BCUT2D eigenvalue weighted by atomic mass is 32.2. The van der Waals surface area contributed by atoms with Crippen LogP contribution in [0.4, 0.5) is 5.13 Å². The van der Waals surface area contributed by atoms with Crippen LogP contribution in [-0.4, -0.2) is 35.8 Å². The number of amides is 1. The average molecular weight is 359 g/mol. The Morgan fingerprint density at radius 2 is 2.22 bits per heavy atom. The second-order valence-electron chi connectivity index (χ2n) is 4.29. The first kappa shape index (κ1) is 8.46. The van der Waals surface area contributed by atoms with Crippen LogP contribution in [0.1, 0.15) is 21.4 Å². The summed E-state index contributed by atoms with van der Waals surface area (Å²) in [5.74, 6) is -2.26. The SMILES string of the molecule is [2H]c1nc(NC(=O)C2=C(O)c3c([2H])c([2H])c([2H])c([2H])c3S(=O)(=O)N2C)sc1C([2H])([2H])[2H]. The summed E-state index contributed by atoms with van der Waals surface area (Å²) in [6, 6.07) is -3.40. The van der Waals surface area contributed by atoms with Gasteiger partial charge in [-0.15, -0.1) is 11.3 Å². The van der Waals surface area contributed by atoms with E-state index in [-0.39, 0.29) is 5.13 Å². The van der Waals surface area contributed by atoms with Crippen LogP contribution in [0.5, 0.6) is 0 Å². The van der Waals surface area contributed by atoms with E-state index in [1.165, 1.54) is 0 Å². The van der Waals surface area contributed by atoms with Gasteiger partial charge in [0.25, 0.3) is 15.9 Å². The molecule has 1 amide bonds. The molecule has 120 valence electrons. The zero-order valence-electron chi connectivity index (χ0n) is 19.4. The minimum absolute atomic E-state index is 0.340. The molecule has 0 saturated carbocycles. The number of aliphatic hydroxyl groups is 1. The topological polar surface area (TPSA) is 99.6 Å². The first-order chi connectivity index (χ1) is 14.1. The highest BCUT2D eigenvalue weighted by Gasteiger charge is 2.37.